The predicted molar refractivity (Wildman–Crippen MR) is 69.1 cm³/mol. The van der Waals surface area contributed by atoms with Crippen LogP contribution in [0.1, 0.15) is 26.7 Å². The molecular weight excluding hydrogens is 266 g/mol. The number of rotatable bonds is 5. The Hall–Kier alpha value is -1.08. The van der Waals surface area contributed by atoms with E-state index in [9.17, 15) is 0 Å². The Morgan fingerprint density at radius 1 is 1.50 bits per heavy atom. The highest BCUT2D eigenvalue weighted by Gasteiger charge is 2.16. The van der Waals surface area contributed by atoms with E-state index >= 15 is 0 Å². The van der Waals surface area contributed by atoms with Gasteiger partial charge in [-0.3, -0.25) is 0 Å². The normalized spacial score (nSPS) is 10.9. The molecule has 86 valence electrons. The van der Waals surface area contributed by atoms with Gasteiger partial charge in [0.1, 0.15) is 4.60 Å². The summed E-state index contributed by atoms with van der Waals surface area (Å²) in [7, 11) is 0. The molecule has 1 aromatic heterocycles. The van der Waals surface area contributed by atoms with Crippen molar-refractivity contribution in [3.05, 3.63) is 22.9 Å². The van der Waals surface area contributed by atoms with Crippen LogP contribution in [0.25, 0.3) is 0 Å². The topological polar surface area (TPSA) is 48.7 Å². The third-order valence-electron chi connectivity index (χ3n) is 2.41. The highest BCUT2D eigenvalue weighted by molar-refractivity contribution is 9.10. The molecule has 16 heavy (non-hydrogen) atoms. The molecule has 0 fully saturated rings. The summed E-state index contributed by atoms with van der Waals surface area (Å²) in [4.78, 5) is 4.14. The molecule has 0 spiro atoms. The van der Waals surface area contributed by atoms with E-state index in [1.807, 2.05) is 12.1 Å². The van der Waals surface area contributed by atoms with E-state index in [0.29, 0.717) is 6.42 Å². The fourth-order valence-electron chi connectivity index (χ4n) is 1.30. The SMILES string of the molecule is CC(C)(CCC#N)CNc1ccc(Br)nc1. The van der Waals surface area contributed by atoms with E-state index < -0.39 is 0 Å². The summed E-state index contributed by atoms with van der Waals surface area (Å²) in [6.45, 7) is 5.16. The number of halogens is 1. The van der Waals surface area contributed by atoms with Crippen molar-refractivity contribution in [3.63, 3.8) is 0 Å². The van der Waals surface area contributed by atoms with Crippen molar-refractivity contribution < 1.29 is 0 Å². The maximum atomic E-state index is 8.56. The van der Waals surface area contributed by atoms with Crippen LogP contribution < -0.4 is 5.32 Å². The van der Waals surface area contributed by atoms with Crippen LogP contribution in [-0.4, -0.2) is 11.5 Å². The maximum Gasteiger partial charge on any atom is 0.106 e. The van der Waals surface area contributed by atoms with Crippen molar-refractivity contribution in [2.45, 2.75) is 26.7 Å². The quantitative estimate of drug-likeness (QED) is 0.840. The zero-order chi connectivity index (χ0) is 12.0. The number of nitrogens with one attached hydrogen (secondary N) is 1. The minimum absolute atomic E-state index is 0.128. The summed E-state index contributed by atoms with van der Waals surface area (Å²) < 4.78 is 0.835. The second-order valence-electron chi connectivity index (χ2n) is 4.55. The van der Waals surface area contributed by atoms with Crippen molar-refractivity contribution >= 4 is 21.6 Å². The van der Waals surface area contributed by atoms with Gasteiger partial charge in [-0.25, -0.2) is 4.98 Å². The van der Waals surface area contributed by atoms with E-state index in [-0.39, 0.29) is 5.41 Å². The van der Waals surface area contributed by atoms with Crippen LogP contribution in [0.15, 0.2) is 22.9 Å². The van der Waals surface area contributed by atoms with E-state index in [1.54, 1.807) is 6.20 Å². The van der Waals surface area contributed by atoms with Gasteiger partial charge < -0.3 is 5.32 Å². The zero-order valence-electron chi connectivity index (χ0n) is 9.63. The number of nitriles is 1. The lowest BCUT2D eigenvalue weighted by Gasteiger charge is -2.24. The molecule has 0 aliphatic heterocycles. The molecule has 1 heterocycles. The summed E-state index contributed by atoms with van der Waals surface area (Å²) in [5.74, 6) is 0. The number of anilines is 1. The van der Waals surface area contributed by atoms with Gasteiger partial charge in [-0.2, -0.15) is 5.26 Å². The second kappa shape index (κ2) is 5.86. The molecule has 4 heteroatoms. The van der Waals surface area contributed by atoms with Crippen molar-refractivity contribution in [2.75, 3.05) is 11.9 Å². The van der Waals surface area contributed by atoms with Crippen LogP contribution in [0.4, 0.5) is 5.69 Å². The average molecular weight is 282 g/mol. The Labute approximate surface area is 105 Å². The Morgan fingerprint density at radius 3 is 2.81 bits per heavy atom. The Kier molecular flexibility index (Phi) is 4.75. The first-order chi connectivity index (χ1) is 7.53. The van der Waals surface area contributed by atoms with E-state index in [4.69, 9.17) is 5.26 Å². The third kappa shape index (κ3) is 4.63. The molecule has 0 aromatic carbocycles. The molecule has 0 saturated carbocycles. The number of pyridine rings is 1. The van der Waals surface area contributed by atoms with Crippen LogP contribution in [0.3, 0.4) is 0 Å². The summed E-state index contributed by atoms with van der Waals surface area (Å²) >= 11 is 3.30. The molecule has 1 aromatic rings. The summed E-state index contributed by atoms with van der Waals surface area (Å²) in [6, 6.07) is 6.07. The molecule has 1 rings (SSSR count). The van der Waals surface area contributed by atoms with Gasteiger partial charge in [-0.1, -0.05) is 13.8 Å². The van der Waals surface area contributed by atoms with Crippen LogP contribution in [0.5, 0.6) is 0 Å². The molecule has 0 aliphatic carbocycles. The number of nitrogens with zero attached hydrogens (tertiary/aromatic N) is 2. The molecule has 0 atom stereocenters. The minimum atomic E-state index is 0.128. The van der Waals surface area contributed by atoms with E-state index in [1.165, 1.54) is 0 Å². The van der Waals surface area contributed by atoms with Crippen molar-refractivity contribution in [1.29, 1.82) is 5.26 Å². The smallest absolute Gasteiger partial charge is 0.106 e. The lowest BCUT2D eigenvalue weighted by molar-refractivity contribution is 0.364. The van der Waals surface area contributed by atoms with Crippen LogP contribution in [0, 0.1) is 16.7 Å². The maximum absolute atomic E-state index is 8.56. The number of hydrogen-bond donors (Lipinski definition) is 1. The molecule has 0 saturated heterocycles. The molecule has 0 bridgehead atoms. The van der Waals surface area contributed by atoms with Gasteiger partial charge in [0.05, 0.1) is 18.0 Å². The molecule has 3 nitrogen and oxygen atoms in total. The molecular formula is C12H16BrN3. The summed E-state index contributed by atoms with van der Waals surface area (Å²) in [5.41, 5.74) is 1.14. The molecule has 1 N–H and O–H groups in total. The van der Waals surface area contributed by atoms with Crippen LogP contribution >= 0.6 is 15.9 Å². The summed E-state index contributed by atoms with van der Waals surface area (Å²) in [5, 5.41) is 11.9. The van der Waals surface area contributed by atoms with Gasteiger partial charge in [0.25, 0.3) is 0 Å². The second-order valence-corrected chi connectivity index (χ2v) is 5.36. The molecule has 0 amide bonds. The lowest BCUT2D eigenvalue weighted by Crippen LogP contribution is -2.22. The van der Waals surface area contributed by atoms with Crippen LogP contribution in [-0.2, 0) is 0 Å². The van der Waals surface area contributed by atoms with Crippen molar-refractivity contribution in [3.8, 4) is 6.07 Å². The van der Waals surface area contributed by atoms with Gasteiger partial charge >= 0.3 is 0 Å². The summed E-state index contributed by atoms with van der Waals surface area (Å²) in [6.07, 6.45) is 3.30. The Morgan fingerprint density at radius 2 is 2.25 bits per heavy atom. The largest absolute Gasteiger partial charge is 0.383 e. The minimum Gasteiger partial charge on any atom is -0.383 e. The van der Waals surface area contributed by atoms with E-state index in [0.717, 1.165) is 23.3 Å². The standard InChI is InChI=1S/C12H16BrN3/c1-12(2,6-3-7-14)9-16-10-4-5-11(13)15-8-10/h4-5,8,16H,3,6,9H2,1-2H3. The van der Waals surface area contributed by atoms with Gasteiger partial charge in [-0.15, -0.1) is 0 Å². The third-order valence-corrected chi connectivity index (χ3v) is 2.88. The lowest BCUT2D eigenvalue weighted by atomic mass is 9.88. The fraction of sp³-hybridized carbons (Fsp3) is 0.500. The van der Waals surface area contributed by atoms with E-state index in [2.05, 4.69) is 46.1 Å². The highest BCUT2D eigenvalue weighted by Crippen LogP contribution is 2.22. The Bertz CT molecular complexity index is 365. The number of aromatic nitrogens is 1. The van der Waals surface area contributed by atoms with Crippen molar-refractivity contribution in [2.24, 2.45) is 5.41 Å². The van der Waals surface area contributed by atoms with Gasteiger partial charge in [0.15, 0.2) is 0 Å². The van der Waals surface area contributed by atoms with Crippen LogP contribution in [0.2, 0.25) is 0 Å². The van der Waals surface area contributed by atoms with Gasteiger partial charge in [0.2, 0.25) is 0 Å². The molecule has 0 radical (unpaired) electrons. The monoisotopic (exact) mass is 281 g/mol. The Balaban J connectivity index is 2.45. The zero-order valence-corrected chi connectivity index (χ0v) is 11.2. The first-order valence-corrected chi connectivity index (χ1v) is 6.05. The highest BCUT2D eigenvalue weighted by atomic mass is 79.9. The van der Waals surface area contributed by atoms with Gasteiger partial charge in [0, 0.05) is 13.0 Å². The first-order valence-electron chi connectivity index (χ1n) is 5.26. The first kappa shape index (κ1) is 13.0. The predicted octanol–water partition coefficient (Wildman–Crippen LogP) is 3.59. The van der Waals surface area contributed by atoms with Crippen molar-refractivity contribution in [1.82, 2.24) is 4.98 Å². The molecule has 0 aliphatic rings. The number of hydrogen-bond acceptors (Lipinski definition) is 3. The fourth-order valence-corrected chi connectivity index (χ4v) is 1.54. The molecule has 0 unspecified atom stereocenters. The average Bonchev–Trinajstić information content (AvgIpc) is 2.26. The van der Waals surface area contributed by atoms with Gasteiger partial charge in [-0.05, 0) is 39.9 Å².